The largest absolute Gasteiger partial charge is 0.319 e. The average molecular weight is 274 g/mol. The summed E-state index contributed by atoms with van der Waals surface area (Å²) in [7, 11) is 3.55. The molecule has 20 heavy (non-hydrogen) atoms. The maximum atomic E-state index is 4.67. The van der Waals surface area contributed by atoms with Crippen LogP contribution in [-0.2, 0) is 17.8 Å². The summed E-state index contributed by atoms with van der Waals surface area (Å²) in [6.07, 6.45) is 8.30. The first kappa shape index (κ1) is 16.2. The van der Waals surface area contributed by atoms with Gasteiger partial charge in [0.05, 0.1) is 7.11 Å². The molecule has 5 heteroatoms. The Morgan fingerprint density at radius 1 is 1.05 bits per heavy atom. The molecule has 0 amide bonds. The quantitative estimate of drug-likeness (QED) is 0.783. The predicted molar refractivity (Wildman–Crippen MR) is 80.0 cm³/mol. The standard InChI is InChI=1S/C8H12N2.C7H10N2O/c1-9-6-4-8-3-2-5-10-7-8;1-10-9-6-7-3-2-4-8-5-7/h2-3,5,7,9H,4,6H2,1H3;2-5,9H,6H2,1H3. The van der Waals surface area contributed by atoms with Crippen LogP contribution in [-0.4, -0.2) is 30.7 Å². The number of aromatic nitrogens is 2. The van der Waals surface area contributed by atoms with Crippen molar-refractivity contribution in [3.8, 4) is 0 Å². The van der Waals surface area contributed by atoms with Gasteiger partial charge in [0.15, 0.2) is 0 Å². The Morgan fingerprint density at radius 3 is 2.20 bits per heavy atom. The molecule has 2 aromatic heterocycles. The van der Waals surface area contributed by atoms with Gasteiger partial charge in [-0.2, -0.15) is 5.48 Å². The Bertz CT molecular complexity index is 393. The van der Waals surface area contributed by atoms with Crippen molar-refractivity contribution in [2.45, 2.75) is 13.0 Å². The van der Waals surface area contributed by atoms with E-state index in [4.69, 9.17) is 0 Å². The molecule has 0 aliphatic carbocycles. The Hall–Kier alpha value is -1.82. The number of nitrogens with zero attached hydrogens (tertiary/aromatic N) is 2. The van der Waals surface area contributed by atoms with Crippen molar-refractivity contribution in [3.63, 3.8) is 0 Å². The first-order chi connectivity index (χ1) is 9.86. The Kier molecular flexibility index (Phi) is 8.97. The second kappa shape index (κ2) is 11.0. The maximum Gasteiger partial charge on any atom is 0.0572 e. The smallest absolute Gasteiger partial charge is 0.0572 e. The number of hydrogen-bond acceptors (Lipinski definition) is 5. The van der Waals surface area contributed by atoms with Gasteiger partial charge in [-0.1, -0.05) is 12.1 Å². The average Bonchev–Trinajstić information content (AvgIpc) is 2.53. The number of rotatable bonds is 6. The zero-order valence-corrected chi connectivity index (χ0v) is 12.0. The zero-order valence-electron chi connectivity index (χ0n) is 12.0. The van der Waals surface area contributed by atoms with Crippen molar-refractivity contribution < 1.29 is 4.84 Å². The normalized spacial score (nSPS) is 9.70. The predicted octanol–water partition coefficient (Wildman–Crippen LogP) is 1.58. The molecule has 0 atom stereocenters. The lowest BCUT2D eigenvalue weighted by Gasteiger charge is -1.99. The first-order valence-electron chi connectivity index (χ1n) is 6.55. The third-order valence-corrected chi connectivity index (χ3v) is 2.53. The van der Waals surface area contributed by atoms with E-state index >= 15 is 0 Å². The van der Waals surface area contributed by atoms with E-state index in [0.717, 1.165) is 18.5 Å². The van der Waals surface area contributed by atoms with Crippen LogP contribution < -0.4 is 10.8 Å². The van der Waals surface area contributed by atoms with Gasteiger partial charge in [0.1, 0.15) is 0 Å². The Labute approximate surface area is 120 Å². The van der Waals surface area contributed by atoms with Crippen molar-refractivity contribution >= 4 is 0 Å². The van der Waals surface area contributed by atoms with Crippen molar-refractivity contribution in [1.29, 1.82) is 0 Å². The first-order valence-corrected chi connectivity index (χ1v) is 6.55. The monoisotopic (exact) mass is 274 g/mol. The van der Waals surface area contributed by atoms with Gasteiger partial charge in [-0.25, -0.2) is 0 Å². The highest BCUT2D eigenvalue weighted by Crippen LogP contribution is 1.94. The van der Waals surface area contributed by atoms with Gasteiger partial charge in [-0.05, 0) is 43.3 Å². The van der Waals surface area contributed by atoms with Crippen LogP contribution in [0, 0.1) is 0 Å². The number of hydroxylamine groups is 1. The van der Waals surface area contributed by atoms with E-state index in [1.165, 1.54) is 5.56 Å². The topological polar surface area (TPSA) is 59.1 Å². The molecule has 0 saturated heterocycles. The summed E-state index contributed by atoms with van der Waals surface area (Å²) in [6.45, 7) is 1.72. The van der Waals surface area contributed by atoms with Crippen molar-refractivity contribution in [2.75, 3.05) is 20.7 Å². The van der Waals surface area contributed by atoms with Crippen LogP contribution in [0.15, 0.2) is 49.1 Å². The van der Waals surface area contributed by atoms with Gasteiger partial charge in [0.2, 0.25) is 0 Å². The number of nitrogens with one attached hydrogen (secondary N) is 2. The van der Waals surface area contributed by atoms with Crippen molar-refractivity contribution in [2.24, 2.45) is 0 Å². The van der Waals surface area contributed by atoms with Crippen molar-refractivity contribution in [3.05, 3.63) is 60.2 Å². The van der Waals surface area contributed by atoms with E-state index in [1.54, 1.807) is 25.7 Å². The second-order valence-corrected chi connectivity index (χ2v) is 4.10. The molecule has 0 fully saturated rings. The Balaban J connectivity index is 0.000000200. The molecule has 2 heterocycles. The van der Waals surface area contributed by atoms with Crippen LogP contribution in [0.3, 0.4) is 0 Å². The molecule has 2 N–H and O–H groups in total. The molecule has 0 bridgehead atoms. The third-order valence-electron chi connectivity index (χ3n) is 2.53. The SMILES string of the molecule is CNCCc1cccnc1.CONCc1cccnc1. The zero-order chi connectivity index (χ0) is 14.5. The summed E-state index contributed by atoms with van der Waals surface area (Å²) in [5.74, 6) is 0. The summed E-state index contributed by atoms with van der Waals surface area (Å²) < 4.78 is 0. The fourth-order valence-corrected chi connectivity index (χ4v) is 1.47. The summed E-state index contributed by atoms with van der Waals surface area (Å²) in [6, 6.07) is 7.93. The fourth-order valence-electron chi connectivity index (χ4n) is 1.47. The molecule has 0 unspecified atom stereocenters. The number of pyridine rings is 2. The highest BCUT2D eigenvalue weighted by atomic mass is 16.6. The van der Waals surface area contributed by atoms with Gasteiger partial charge in [-0.3, -0.25) is 9.97 Å². The summed E-state index contributed by atoms with van der Waals surface area (Å²) in [4.78, 5) is 12.6. The molecule has 0 aliphatic heterocycles. The molecule has 0 saturated carbocycles. The van der Waals surface area contributed by atoms with Gasteiger partial charge < -0.3 is 10.2 Å². The van der Waals surface area contributed by atoms with E-state index in [-0.39, 0.29) is 0 Å². The molecule has 2 rings (SSSR count). The highest BCUT2D eigenvalue weighted by molar-refractivity contribution is 5.08. The molecule has 0 aromatic carbocycles. The number of likely N-dealkylation sites (N-methyl/N-ethyl adjacent to an activating group) is 1. The molecular weight excluding hydrogens is 252 g/mol. The van der Waals surface area contributed by atoms with Crippen LogP contribution in [0.1, 0.15) is 11.1 Å². The molecule has 5 nitrogen and oxygen atoms in total. The molecule has 108 valence electrons. The van der Waals surface area contributed by atoms with E-state index in [1.807, 2.05) is 31.4 Å². The minimum absolute atomic E-state index is 0.699. The maximum absolute atomic E-state index is 4.67. The molecule has 0 radical (unpaired) electrons. The van der Waals surface area contributed by atoms with Crippen LogP contribution in [0.2, 0.25) is 0 Å². The Morgan fingerprint density at radius 2 is 1.70 bits per heavy atom. The third kappa shape index (κ3) is 7.58. The summed E-state index contributed by atoms with van der Waals surface area (Å²) in [5.41, 5.74) is 5.13. The van der Waals surface area contributed by atoms with E-state index in [2.05, 4.69) is 31.7 Å². The summed E-state index contributed by atoms with van der Waals surface area (Å²) in [5, 5.41) is 3.09. The molecule has 2 aromatic rings. The summed E-state index contributed by atoms with van der Waals surface area (Å²) >= 11 is 0. The van der Waals surface area contributed by atoms with E-state index < -0.39 is 0 Å². The minimum Gasteiger partial charge on any atom is -0.319 e. The molecule has 0 aliphatic rings. The lowest BCUT2D eigenvalue weighted by atomic mass is 10.2. The van der Waals surface area contributed by atoms with Crippen LogP contribution in [0.4, 0.5) is 0 Å². The minimum atomic E-state index is 0.699. The highest BCUT2D eigenvalue weighted by Gasteiger charge is 1.88. The molecular formula is C15H22N4O. The molecule has 0 spiro atoms. The van der Waals surface area contributed by atoms with E-state index in [0.29, 0.717) is 6.54 Å². The van der Waals surface area contributed by atoms with Gasteiger partial charge in [0, 0.05) is 31.3 Å². The van der Waals surface area contributed by atoms with E-state index in [9.17, 15) is 0 Å². The second-order valence-electron chi connectivity index (χ2n) is 4.10. The lowest BCUT2D eigenvalue weighted by Crippen LogP contribution is -2.10. The van der Waals surface area contributed by atoms with Gasteiger partial charge >= 0.3 is 0 Å². The lowest BCUT2D eigenvalue weighted by molar-refractivity contribution is 0.0866. The number of hydrogen-bond donors (Lipinski definition) is 2. The van der Waals surface area contributed by atoms with Gasteiger partial charge in [0.25, 0.3) is 0 Å². The van der Waals surface area contributed by atoms with Gasteiger partial charge in [-0.15, -0.1) is 0 Å². The fraction of sp³-hybridized carbons (Fsp3) is 0.333. The van der Waals surface area contributed by atoms with Crippen LogP contribution in [0.5, 0.6) is 0 Å². The van der Waals surface area contributed by atoms with Crippen LogP contribution in [0.25, 0.3) is 0 Å². The van der Waals surface area contributed by atoms with Crippen LogP contribution >= 0.6 is 0 Å². The van der Waals surface area contributed by atoms with Crippen molar-refractivity contribution in [1.82, 2.24) is 20.8 Å².